The Kier molecular flexibility index (Phi) is 5.54. The van der Waals surface area contributed by atoms with Gasteiger partial charge in [-0.2, -0.15) is 0 Å². The summed E-state index contributed by atoms with van der Waals surface area (Å²) in [6.07, 6.45) is 20.7. The summed E-state index contributed by atoms with van der Waals surface area (Å²) in [6, 6.07) is 9.14. The van der Waals surface area contributed by atoms with Gasteiger partial charge in [0, 0.05) is 17.8 Å². The van der Waals surface area contributed by atoms with Gasteiger partial charge < -0.3 is 5.11 Å². The van der Waals surface area contributed by atoms with E-state index in [1.807, 2.05) is 12.4 Å². The Labute approximate surface area is 181 Å². The number of nitrogens with zero attached hydrogens (tertiary/aromatic N) is 1. The van der Waals surface area contributed by atoms with Crippen LogP contribution in [-0.4, -0.2) is 16.2 Å². The van der Waals surface area contributed by atoms with Crippen LogP contribution in [0.5, 0.6) is 0 Å². The van der Waals surface area contributed by atoms with Crippen LogP contribution in [0.3, 0.4) is 0 Å². The lowest BCUT2D eigenvalue weighted by molar-refractivity contribution is 0.191. The Hall–Kier alpha value is -1.93. The zero-order valence-corrected chi connectivity index (χ0v) is 18.3. The minimum Gasteiger partial charge on any atom is -0.389 e. The molecule has 4 atom stereocenters. The molecule has 0 radical (unpaired) electrons. The van der Waals surface area contributed by atoms with Crippen LogP contribution in [0, 0.1) is 11.3 Å². The molecule has 4 unspecified atom stereocenters. The van der Waals surface area contributed by atoms with Gasteiger partial charge in [0.1, 0.15) is 0 Å². The molecule has 1 heterocycles. The smallest absolute Gasteiger partial charge is 0.0726 e. The molecule has 0 amide bonds. The van der Waals surface area contributed by atoms with Crippen LogP contribution in [-0.2, 0) is 0 Å². The minimum absolute atomic E-state index is 0.231. The van der Waals surface area contributed by atoms with E-state index in [2.05, 4.69) is 48.3 Å². The second-order valence-electron chi connectivity index (χ2n) is 10.3. The summed E-state index contributed by atoms with van der Waals surface area (Å²) in [5.41, 5.74) is 4.93. The maximum Gasteiger partial charge on any atom is 0.0726 e. The lowest BCUT2D eigenvalue weighted by Gasteiger charge is -2.33. The molecule has 5 rings (SSSR count). The van der Waals surface area contributed by atoms with E-state index in [-0.39, 0.29) is 6.10 Å². The minimum atomic E-state index is -0.231. The average Bonchev–Trinajstić information content (AvgIpc) is 3.02. The number of fused-ring (bicyclic) bond motifs is 2. The highest BCUT2D eigenvalue weighted by Crippen LogP contribution is 2.53. The maximum atomic E-state index is 10.1. The zero-order valence-electron chi connectivity index (χ0n) is 18.3. The molecule has 1 aromatic heterocycles. The van der Waals surface area contributed by atoms with Gasteiger partial charge in [0.15, 0.2) is 0 Å². The number of pyridine rings is 1. The van der Waals surface area contributed by atoms with Gasteiger partial charge in [-0.25, -0.2) is 0 Å². The van der Waals surface area contributed by atoms with E-state index in [4.69, 9.17) is 0 Å². The van der Waals surface area contributed by atoms with Crippen molar-refractivity contribution in [3.05, 3.63) is 65.5 Å². The first-order valence-corrected chi connectivity index (χ1v) is 12.0. The number of aliphatic hydroxyl groups is 1. The first-order chi connectivity index (χ1) is 14.6. The van der Waals surface area contributed by atoms with Crippen LogP contribution in [0.25, 0.3) is 10.8 Å². The Bertz CT molecular complexity index is 974. The number of hydrogen-bond acceptors (Lipinski definition) is 2. The van der Waals surface area contributed by atoms with Crippen LogP contribution >= 0.6 is 0 Å². The summed E-state index contributed by atoms with van der Waals surface area (Å²) in [6.45, 7) is 2.53. The van der Waals surface area contributed by atoms with Crippen LogP contribution in [0.2, 0.25) is 0 Å². The molecule has 1 aromatic carbocycles. The highest BCUT2D eigenvalue weighted by atomic mass is 16.3. The first-order valence-electron chi connectivity index (χ1n) is 12.0. The maximum absolute atomic E-state index is 10.1. The second kappa shape index (κ2) is 8.30. The van der Waals surface area contributed by atoms with Crippen LogP contribution < -0.4 is 0 Å². The van der Waals surface area contributed by atoms with Crippen molar-refractivity contribution < 1.29 is 5.11 Å². The highest BCUT2D eigenvalue weighted by Gasteiger charge is 2.39. The van der Waals surface area contributed by atoms with Gasteiger partial charge in [0.05, 0.1) is 6.10 Å². The molecule has 1 fully saturated rings. The number of aromatic nitrogens is 1. The van der Waals surface area contributed by atoms with Gasteiger partial charge in [0.25, 0.3) is 0 Å². The molecule has 158 valence electrons. The van der Waals surface area contributed by atoms with Crippen molar-refractivity contribution in [2.45, 2.75) is 83.2 Å². The third-order valence-corrected chi connectivity index (χ3v) is 8.25. The molecule has 0 saturated heterocycles. The van der Waals surface area contributed by atoms with E-state index in [1.165, 1.54) is 73.3 Å². The van der Waals surface area contributed by atoms with E-state index in [1.54, 1.807) is 5.57 Å². The molecule has 1 saturated carbocycles. The number of aliphatic hydroxyl groups excluding tert-OH is 1. The van der Waals surface area contributed by atoms with E-state index in [0.29, 0.717) is 17.3 Å². The molecule has 2 heteroatoms. The van der Waals surface area contributed by atoms with Gasteiger partial charge in [-0.15, -0.1) is 0 Å². The molecule has 2 aromatic rings. The normalized spacial score (nSPS) is 31.7. The predicted molar refractivity (Wildman–Crippen MR) is 124 cm³/mol. The molecule has 3 aliphatic carbocycles. The topological polar surface area (TPSA) is 33.1 Å². The first kappa shape index (κ1) is 20.0. The standard InChI is InChI=1S/C28H35NO/c1-28(14-11-20-4-2-5-21-9-10-26(30)18-24(21)16-20)13-3-6-27(28)23-8-7-22-12-15-29-19-25(22)17-23/h7-8,12,15-19,21,26-27,30H,2-6,9-11,13-14H2,1H3. The molecule has 0 aliphatic heterocycles. The fraction of sp³-hybridized carbons (Fsp3) is 0.536. The summed E-state index contributed by atoms with van der Waals surface area (Å²) in [7, 11) is 0. The van der Waals surface area contributed by atoms with Gasteiger partial charge in [0.2, 0.25) is 0 Å². The number of rotatable bonds is 4. The Morgan fingerprint density at radius 3 is 2.93 bits per heavy atom. The van der Waals surface area contributed by atoms with Crippen molar-refractivity contribution in [3.63, 3.8) is 0 Å². The summed E-state index contributed by atoms with van der Waals surface area (Å²) in [5.74, 6) is 1.34. The van der Waals surface area contributed by atoms with Crippen LogP contribution in [0.1, 0.15) is 82.6 Å². The van der Waals surface area contributed by atoms with Crippen molar-refractivity contribution in [3.8, 4) is 0 Å². The molecule has 0 bridgehead atoms. The second-order valence-corrected chi connectivity index (χ2v) is 10.3. The highest BCUT2D eigenvalue weighted by molar-refractivity contribution is 5.82. The molecule has 1 N–H and O–H groups in total. The van der Waals surface area contributed by atoms with Gasteiger partial charge >= 0.3 is 0 Å². The molecule has 3 aliphatic rings. The van der Waals surface area contributed by atoms with Gasteiger partial charge in [-0.05, 0) is 104 Å². The summed E-state index contributed by atoms with van der Waals surface area (Å²) in [4.78, 5) is 4.33. The number of hydrogen-bond donors (Lipinski definition) is 1. The fourth-order valence-corrected chi connectivity index (χ4v) is 6.41. The van der Waals surface area contributed by atoms with E-state index < -0.39 is 0 Å². The lowest BCUT2D eigenvalue weighted by Crippen LogP contribution is -2.20. The van der Waals surface area contributed by atoms with Crippen LogP contribution in [0.4, 0.5) is 0 Å². The zero-order chi connectivity index (χ0) is 20.6. The van der Waals surface area contributed by atoms with Crippen LogP contribution in [0.15, 0.2) is 60.0 Å². The number of benzene rings is 1. The summed E-state index contributed by atoms with van der Waals surface area (Å²) in [5, 5.41) is 12.7. The third-order valence-electron chi connectivity index (χ3n) is 8.25. The van der Waals surface area contributed by atoms with Crippen molar-refractivity contribution in [1.29, 1.82) is 0 Å². The van der Waals surface area contributed by atoms with Crippen molar-refractivity contribution in [2.24, 2.45) is 11.3 Å². The quantitative estimate of drug-likeness (QED) is 0.593. The summed E-state index contributed by atoms with van der Waals surface area (Å²) >= 11 is 0. The summed E-state index contributed by atoms with van der Waals surface area (Å²) < 4.78 is 0. The Morgan fingerprint density at radius 1 is 1.07 bits per heavy atom. The van der Waals surface area contributed by atoms with Crippen molar-refractivity contribution in [2.75, 3.05) is 0 Å². The number of allylic oxidation sites excluding steroid dienone is 3. The monoisotopic (exact) mass is 401 g/mol. The lowest BCUT2D eigenvalue weighted by atomic mass is 9.72. The Morgan fingerprint density at radius 2 is 2.00 bits per heavy atom. The largest absolute Gasteiger partial charge is 0.389 e. The molecule has 30 heavy (non-hydrogen) atoms. The predicted octanol–water partition coefficient (Wildman–Crippen LogP) is 7.10. The fourth-order valence-electron chi connectivity index (χ4n) is 6.41. The molecular formula is C28H35NO. The average molecular weight is 402 g/mol. The molecule has 2 nitrogen and oxygen atoms in total. The van der Waals surface area contributed by atoms with E-state index in [0.717, 1.165) is 12.8 Å². The SMILES string of the molecule is CC1(CCC2=CC3=CC(O)CCC3CCC2)CCCC1c1ccc2ccncc2c1. The van der Waals surface area contributed by atoms with E-state index >= 15 is 0 Å². The Balaban J connectivity index is 1.34. The van der Waals surface area contributed by atoms with Gasteiger partial charge in [-0.1, -0.05) is 43.2 Å². The van der Waals surface area contributed by atoms with Crippen molar-refractivity contribution >= 4 is 10.8 Å². The van der Waals surface area contributed by atoms with E-state index in [9.17, 15) is 5.11 Å². The van der Waals surface area contributed by atoms with Crippen molar-refractivity contribution in [1.82, 2.24) is 4.98 Å². The molecular weight excluding hydrogens is 366 g/mol. The third kappa shape index (κ3) is 3.99. The van der Waals surface area contributed by atoms with Gasteiger partial charge in [-0.3, -0.25) is 4.98 Å². The molecule has 0 spiro atoms.